The molecule has 0 aromatic heterocycles. The number of hydrogen-bond donors (Lipinski definition) is 3. The molecule has 0 unspecified atom stereocenters. The van der Waals surface area contributed by atoms with Crippen molar-refractivity contribution in [3.05, 3.63) is 53.6 Å². The number of ether oxygens (including phenoxy) is 1. The third-order valence-corrected chi connectivity index (χ3v) is 3.95. The molecule has 0 radical (unpaired) electrons. The average Bonchev–Trinajstić information content (AvgIpc) is 2.69. The molecule has 0 heterocycles. The second kappa shape index (κ2) is 10.1. The lowest BCUT2D eigenvalue weighted by atomic mass is 10.1. The van der Waals surface area contributed by atoms with Crippen LogP contribution in [0, 0.1) is 6.92 Å². The summed E-state index contributed by atoms with van der Waals surface area (Å²) in [5.74, 6) is -0.133. The van der Waals surface area contributed by atoms with Gasteiger partial charge in [0.25, 0.3) is 5.91 Å². The number of carbonyl (C=O) groups excluding carboxylic acids is 3. The number of hydrogen-bond acceptors (Lipinski definition) is 4. The summed E-state index contributed by atoms with van der Waals surface area (Å²) in [6.07, 6.45) is 0.368. The number of anilines is 2. The van der Waals surface area contributed by atoms with Crippen LogP contribution >= 0.6 is 0 Å². The molecule has 7 heteroatoms. The average molecular weight is 383 g/mol. The van der Waals surface area contributed by atoms with Crippen molar-refractivity contribution in [1.82, 2.24) is 5.32 Å². The van der Waals surface area contributed by atoms with Crippen LogP contribution in [-0.4, -0.2) is 30.9 Å². The van der Waals surface area contributed by atoms with Crippen LogP contribution in [0.1, 0.15) is 36.2 Å². The van der Waals surface area contributed by atoms with Gasteiger partial charge < -0.3 is 20.7 Å². The van der Waals surface area contributed by atoms with E-state index < -0.39 is 0 Å². The highest BCUT2D eigenvalue weighted by Gasteiger charge is 2.10. The van der Waals surface area contributed by atoms with Gasteiger partial charge in [0, 0.05) is 23.4 Å². The van der Waals surface area contributed by atoms with Crippen LogP contribution in [0.3, 0.4) is 0 Å². The molecule has 0 atom stereocenters. The van der Waals surface area contributed by atoms with E-state index in [1.165, 1.54) is 0 Å². The second-order valence-electron chi connectivity index (χ2n) is 6.12. The Labute approximate surface area is 164 Å². The van der Waals surface area contributed by atoms with E-state index in [2.05, 4.69) is 16.0 Å². The quantitative estimate of drug-likeness (QED) is 0.652. The van der Waals surface area contributed by atoms with Crippen molar-refractivity contribution in [2.24, 2.45) is 0 Å². The summed E-state index contributed by atoms with van der Waals surface area (Å²) in [4.78, 5) is 35.9. The smallest absolute Gasteiger partial charge is 0.251 e. The van der Waals surface area contributed by atoms with Crippen molar-refractivity contribution in [3.8, 4) is 5.75 Å². The van der Waals surface area contributed by atoms with Gasteiger partial charge in [-0.2, -0.15) is 0 Å². The van der Waals surface area contributed by atoms with Gasteiger partial charge in [0.05, 0.1) is 13.2 Å². The zero-order chi connectivity index (χ0) is 20.5. The number of benzene rings is 2. The first-order valence-electron chi connectivity index (χ1n) is 9.14. The third kappa shape index (κ3) is 6.12. The molecule has 0 saturated heterocycles. The van der Waals surface area contributed by atoms with Crippen LogP contribution < -0.4 is 20.7 Å². The van der Waals surface area contributed by atoms with E-state index in [0.717, 1.165) is 5.56 Å². The molecule has 148 valence electrons. The minimum absolute atomic E-state index is 0.108. The highest BCUT2D eigenvalue weighted by molar-refractivity contribution is 6.00. The Morgan fingerprint density at radius 3 is 2.29 bits per heavy atom. The zero-order valence-electron chi connectivity index (χ0n) is 16.3. The van der Waals surface area contributed by atoms with Crippen LogP contribution in [0.2, 0.25) is 0 Å². The highest BCUT2D eigenvalue weighted by atomic mass is 16.5. The lowest BCUT2D eigenvalue weighted by molar-refractivity contribution is -0.116. The summed E-state index contributed by atoms with van der Waals surface area (Å²) in [7, 11) is 0. The molecule has 0 fully saturated rings. The molecule has 0 aliphatic carbocycles. The SMILES string of the molecule is CCOc1ccc(C(=O)NCC(=O)Nc2cc(NC(=O)CC)ccc2C)cc1. The molecule has 0 aliphatic rings. The van der Waals surface area contributed by atoms with Gasteiger partial charge in [-0.25, -0.2) is 0 Å². The van der Waals surface area contributed by atoms with Crippen LogP contribution in [0.15, 0.2) is 42.5 Å². The molecular formula is C21H25N3O4. The van der Waals surface area contributed by atoms with E-state index in [4.69, 9.17) is 4.74 Å². The first-order chi connectivity index (χ1) is 13.4. The van der Waals surface area contributed by atoms with Gasteiger partial charge in [-0.1, -0.05) is 13.0 Å². The van der Waals surface area contributed by atoms with Crippen molar-refractivity contribution in [1.29, 1.82) is 0 Å². The van der Waals surface area contributed by atoms with Crippen molar-refractivity contribution in [2.45, 2.75) is 27.2 Å². The van der Waals surface area contributed by atoms with Crippen molar-refractivity contribution in [2.75, 3.05) is 23.8 Å². The Balaban J connectivity index is 1.92. The topological polar surface area (TPSA) is 96.5 Å². The predicted molar refractivity (Wildman–Crippen MR) is 109 cm³/mol. The predicted octanol–water partition coefficient (Wildman–Crippen LogP) is 3.11. The molecule has 2 aromatic rings. The maximum absolute atomic E-state index is 12.2. The molecule has 2 rings (SSSR count). The largest absolute Gasteiger partial charge is 0.494 e. The van der Waals surface area contributed by atoms with Crippen LogP contribution in [0.4, 0.5) is 11.4 Å². The fourth-order valence-corrected chi connectivity index (χ4v) is 2.41. The van der Waals surface area contributed by atoms with Gasteiger partial charge in [0.2, 0.25) is 11.8 Å². The molecule has 7 nitrogen and oxygen atoms in total. The Bertz CT molecular complexity index is 847. The minimum Gasteiger partial charge on any atom is -0.494 e. The Kier molecular flexibility index (Phi) is 7.56. The monoisotopic (exact) mass is 383 g/mol. The normalized spacial score (nSPS) is 10.1. The molecule has 2 aromatic carbocycles. The first kappa shape index (κ1) is 21.0. The number of carbonyl (C=O) groups is 3. The van der Waals surface area contributed by atoms with E-state index in [-0.39, 0.29) is 24.3 Å². The molecule has 0 aliphatic heterocycles. The van der Waals surface area contributed by atoms with E-state index in [1.54, 1.807) is 49.4 Å². The van der Waals surface area contributed by atoms with E-state index in [0.29, 0.717) is 35.7 Å². The molecule has 0 bridgehead atoms. The molecule has 3 amide bonds. The Morgan fingerprint density at radius 1 is 0.929 bits per heavy atom. The van der Waals surface area contributed by atoms with Crippen LogP contribution in [0.5, 0.6) is 5.75 Å². The van der Waals surface area contributed by atoms with Crippen molar-refractivity contribution in [3.63, 3.8) is 0 Å². The number of nitrogens with one attached hydrogen (secondary N) is 3. The van der Waals surface area contributed by atoms with Gasteiger partial charge >= 0.3 is 0 Å². The number of amides is 3. The van der Waals surface area contributed by atoms with E-state index in [1.807, 2.05) is 13.8 Å². The van der Waals surface area contributed by atoms with Gasteiger partial charge in [-0.3, -0.25) is 14.4 Å². The summed E-state index contributed by atoms with van der Waals surface area (Å²) in [6.45, 7) is 5.87. The Morgan fingerprint density at radius 2 is 1.64 bits per heavy atom. The minimum atomic E-state index is -0.360. The van der Waals surface area contributed by atoms with Crippen molar-refractivity contribution < 1.29 is 19.1 Å². The van der Waals surface area contributed by atoms with Gasteiger partial charge in [-0.15, -0.1) is 0 Å². The molecule has 3 N–H and O–H groups in total. The molecule has 0 spiro atoms. The van der Waals surface area contributed by atoms with Crippen molar-refractivity contribution >= 4 is 29.1 Å². The standard InChI is InChI=1S/C21H25N3O4/c1-4-19(25)23-16-9-6-14(3)18(12-16)24-20(26)13-22-21(27)15-7-10-17(11-8-15)28-5-2/h6-12H,4-5,13H2,1-3H3,(H,22,27)(H,23,25)(H,24,26). The van der Waals surface area contributed by atoms with E-state index >= 15 is 0 Å². The molecular weight excluding hydrogens is 358 g/mol. The summed E-state index contributed by atoms with van der Waals surface area (Å²) in [5, 5.41) is 8.08. The first-order valence-corrected chi connectivity index (χ1v) is 9.14. The summed E-state index contributed by atoms with van der Waals surface area (Å²) < 4.78 is 5.34. The van der Waals surface area contributed by atoms with E-state index in [9.17, 15) is 14.4 Å². The fraction of sp³-hybridized carbons (Fsp3) is 0.286. The Hall–Kier alpha value is -3.35. The summed E-state index contributed by atoms with van der Waals surface area (Å²) in [5.41, 5.74) is 2.47. The number of aryl methyl sites for hydroxylation is 1. The zero-order valence-corrected chi connectivity index (χ0v) is 16.3. The lowest BCUT2D eigenvalue weighted by Gasteiger charge is -2.12. The van der Waals surface area contributed by atoms with Crippen LogP contribution in [-0.2, 0) is 9.59 Å². The number of rotatable bonds is 8. The maximum atomic E-state index is 12.2. The lowest BCUT2D eigenvalue weighted by Crippen LogP contribution is -2.33. The second-order valence-corrected chi connectivity index (χ2v) is 6.12. The molecule has 28 heavy (non-hydrogen) atoms. The maximum Gasteiger partial charge on any atom is 0.251 e. The highest BCUT2D eigenvalue weighted by Crippen LogP contribution is 2.20. The summed E-state index contributed by atoms with van der Waals surface area (Å²) >= 11 is 0. The van der Waals surface area contributed by atoms with Crippen LogP contribution in [0.25, 0.3) is 0 Å². The van der Waals surface area contributed by atoms with Gasteiger partial charge in [-0.05, 0) is 55.8 Å². The molecule has 0 saturated carbocycles. The van der Waals surface area contributed by atoms with Gasteiger partial charge in [0.1, 0.15) is 5.75 Å². The fourth-order valence-electron chi connectivity index (χ4n) is 2.41. The third-order valence-electron chi connectivity index (χ3n) is 3.95. The summed E-state index contributed by atoms with van der Waals surface area (Å²) in [6, 6.07) is 12.0. The van der Waals surface area contributed by atoms with Gasteiger partial charge in [0.15, 0.2) is 0 Å².